The van der Waals surface area contributed by atoms with Gasteiger partial charge in [-0.3, -0.25) is 9.69 Å². The number of carbonyl (C=O) groups is 1. The first-order valence-electron chi connectivity index (χ1n) is 8.38. The molecule has 0 N–H and O–H groups in total. The third-order valence-corrected chi connectivity index (χ3v) is 4.66. The normalized spacial score (nSPS) is 17.6. The average molecular weight is 327 g/mol. The van der Waals surface area contributed by atoms with Gasteiger partial charge in [0, 0.05) is 45.2 Å². The van der Waals surface area contributed by atoms with E-state index in [1.165, 1.54) is 11.1 Å². The molecule has 2 aliphatic heterocycles. The van der Waals surface area contributed by atoms with Crippen molar-refractivity contribution in [1.29, 1.82) is 0 Å². The Balaban J connectivity index is 1.34. The lowest BCUT2D eigenvalue weighted by molar-refractivity contribution is 0.0588. The largest absolute Gasteiger partial charge is 0.493 e. The molecule has 126 valence electrons. The van der Waals surface area contributed by atoms with Gasteiger partial charge in [0.25, 0.3) is 5.91 Å². The van der Waals surface area contributed by atoms with Gasteiger partial charge in [0.2, 0.25) is 5.76 Å². The van der Waals surface area contributed by atoms with Gasteiger partial charge in [-0.2, -0.15) is 0 Å². The Labute approximate surface area is 141 Å². The van der Waals surface area contributed by atoms with Crippen LogP contribution in [-0.2, 0) is 13.0 Å². The van der Waals surface area contributed by atoms with E-state index < -0.39 is 0 Å². The minimum absolute atomic E-state index is 0.0649. The van der Waals surface area contributed by atoms with E-state index in [-0.39, 0.29) is 5.91 Å². The maximum Gasteiger partial charge on any atom is 0.292 e. The molecule has 2 aromatic rings. The van der Waals surface area contributed by atoms with E-state index >= 15 is 0 Å². The fraction of sp³-hybridized carbons (Fsp3) is 0.444. The maximum absolute atomic E-state index is 12.4. The van der Waals surface area contributed by atoms with E-state index in [9.17, 15) is 4.79 Å². The summed E-state index contributed by atoms with van der Waals surface area (Å²) in [6.07, 6.45) is 1.00. The standard InChI is InChI=1S/C18H21N3O3/c1-13-10-17(24-19-13)18(22)21-7-5-20(6-8-21)12-14-2-3-16-15(11-14)4-9-23-16/h2-3,10-11H,4-9,12H2,1H3. The predicted octanol–water partition coefficient (Wildman–Crippen LogP) is 1.88. The molecule has 0 radical (unpaired) electrons. The molecule has 6 heteroatoms. The van der Waals surface area contributed by atoms with E-state index in [1.807, 2.05) is 11.8 Å². The molecule has 0 atom stereocenters. The topological polar surface area (TPSA) is 58.8 Å². The van der Waals surface area contributed by atoms with E-state index in [4.69, 9.17) is 9.26 Å². The predicted molar refractivity (Wildman–Crippen MR) is 88.1 cm³/mol. The van der Waals surface area contributed by atoms with Crippen molar-refractivity contribution in [3.8, 4) is 5.75 Å². The first-order valence-corrected chi connectivity index (χ1v) is 8.38. The number of aromatic nitrogens is 1. The fourth-order valence-electron chi connectivity index (χ4n) is 3.33. The van der Waals surface area contributed by atoms with E-state index in [1.54, 1.807) is 6.07 Å². The quantitative estimate of drug-likeness (QED) is 0.861. The Morgan fingerprint density at radius 1 is 1.21 bits per heavy atom. The second kappa shape index (κ2) is 6.28. The van der Waals surface area contributed by atoms with Crippen LogP contribution in [0.1, 0.15) is 27.4 Å². The molecule has 1 saturated heterocycles. The van der Waals surface area contributed by atoms with Gasteiger partial charge in [0.1, 0.15) is 5.75 Å². The molecule has 0 spiro atoms. The van der Waals surface area contributed by atoms with Crippen LogP contribution < -0.4 is 4.74 Å². The number of ether oxygens (including phenoxy) is 1. The summed E-state index contributed by atoms with van der Waals surface area (Å²) < 4.78 is 10.6. The van der Waals surface area contributed by atoms with Crippen LogP contribution in [0.25, 0.3) is 0 Å². The highest BCUT2D eigenvalue weighted by Crippen LogP contribution is 2.26. The van der Waals surface area contributed by atoms with Crippen LogP contribution in [0.3, 0.4) is 0 Å². The zero-order chi connectivity index (χ0) is 16.5. The monoisotopic (exact) mass is 327 g/mol. The number of benzene rings is 1. The first-order chi connectivity index (χ1) is 11.7. The lowest BCUT2D eigenvalue weighted by atomic mass is 10.1. The van der Waals surface area contributed by atoms with Crippen molar-refractivity contribution in [2.75, 3.05) is 32.8 Å². The summed E-state index contributed by atoms with van der Waals surface area (Å²) in [5.41, 5.74) is 3.35. The summed E-state index contributed by atoms with van der Waals surface area (Å²) >= 11 is 0. The Morgan fingerprint density at radius 2 is 2.04 bits per heavy atom. The van der Waals surface area contributed by atoms with Gasteiger partial charge in [-0.15, -0.1) is 0 Å². The number of nitrogens with zero attached hydrogens (tertiary/aromatic N) is 3. The van der Waals surface area contributed by atoms with Crippen molar-refractivity contribution < 1.29 is 14.1 Å². The first kappa shape index (κ1) is 15.2. The van der Waals surface area contributed by atoms with Crippen LogP contribution in [0, 0.1) is 6.92 Å². The molecule has 2 aliphatic rings. The second-order valence-electron chi connectivity index (χ2n) is 6.44. The minimum Gasteiger partial charge on any atom is -0.493 e. The Morgan fingerprint density at radius 3 is 2.79 bits per heavy atom. The summed E-state index contributed by atoms with van der Waals surface area (Å²) in [5.74, 6) is 1.29. The Hall–Kier alpha value is -2.34. The molecule has 3 heterocycles. The number of aryl methyl sites for hydroxylation is 1. The molecule has 1 aromatic heterocycles. The lowest BCUT2D eigenvalue weighted by Crippen LogP contribution is -2.48. The van der Waals surface area contributed by atoms with Crippen LogP contribution in [0.5, 0.6) is 5.75 Å². The zero-order valence-corrected chi connectivity index (χ0v) is 13.8. The van der Waals surface area contributed by atoms with Crippen molar-refractivity contribution >= 4 is 5.91 Å². The number of fused-ring (bicyclic) bond motifs is 1. The van der Waals surface area contributed by atoms with Gasteiger partial charge in [-0.05, 0) is 24.1 Å². The number of amides is 1. The van der Waals surface area contributed by atoms with Crippen molar-refractivity contribution in [2.45, 2.75) is 19.9 Å². The lowest BCUT2D eigenvalue weighted by Gasteiger charge is -2.34. The molecule has 0 aliphatic carbocycles. The Kier molecular flexibility index (Phi) is 3.98. The van der Waals surface area contributed by atoms with Gasteiger partial charge in [0.05, 0.1) is 12.3 Å². The molecule has 4 rings (SSSR count). The number of hydrogen-bond acceptors (Lipinski definition) is 5. The molecule has 6 nitrogen and oxygen atoms in total. The second-order valence-corrected chi connectivity index (χ2v) is 6.44. The summed E-state index contributed by atoms with van der Waals surface area (Å²) in [4.78, 5) is 16.6. The highest BCUT2D eigenvalue weighted by molar-refractivity contribution is 5.91. The molecule has 0 bridgehead atoms. The summed E-state index contributed by atoms with van der Waals surface area (Å²) in [6, 6.07) is 8.15. The van der Waals surface area contributed by atoms with Crippen molar-refractivity contribution in [3.05, 3.63) is 46.8 Å². The third-order valence-electron chi connectivity index (χ3n) is 4.66. The van der Waals surface area contributed by atoms with Gasteiger partial charge in [-0.1, -0.05) is 17.3 Å². The van der Waals surface area contributed by atoms with Gasteiger partial charge in [0.15, 0.2) is 0 Å². The molecule has 1 amide bonds. The van der Waals surface area contributed by atoms with Crippen LogP contribution in [0.4, 0.5) is 0 Å². The van der Waals surface area contributed by atoms with Gasteiger partial charge in [-0.25, -0.2) is 0 Å². The molecule has 0 saturated carbocycles. The van der Waals surface area contributed by atoms with Crippen LogP contribution >= 0.6 is 0 Å². The molecular formula is C18H21N3O3. The van der Waals surface area contributed by atoms with E-state index in [0.29, 0.717) is 18.8 Å². The average Bonchev–Trinajstić information content (AvgIpc) is 3.23. The smallest absolute Gasteiger partial charge is 0.292 e. The SMILES string of the molecule is Cc1cc(C(=O)N2CCN(Cc3ccc4c(c3)CCO4)CC2)on1. The minimum atomic E-state index is -0.0649. The highest BCUT2D eigenvalue weighted by Gasteiger charge is 2.25. The highest BCUT2D eigenvalue weighted by atomic mass is 16.5. The van der Waals surface area contributed by atoms with Crippen LogP contribution in [-0.4, -0.2) is 53.6 Å². The number of piperazine rings is 1. The molecular weight excluding hydrogens is 306 g/mol. The number of carbonyl (C=O) groups excluding carboxylic acids is 1. The van der Waals surface area contributed by atoms with Gasteiger partial charge >= 0.3 is 0 Å². The maximum atomic E-state index is 12.4. The van der Waals surface area contributed by atoms with Crippen LogP contribution in [0.2, 0.25) is 0 Å². The van der Waals surface area contributed by atoms with E-state index in [2.05, 4.69) is 28.3 Å². The number of hydrogen-bond donors (Lipinski definition) is 0. The fourth-order valence-corrected chi connectivity index (χ4v) is 3.33. The summed E-state index contributed by atoms with van der Waals surface area (Å²) in [5, 5.41) is 3.79. The summed E-state index contributed by atoms with van der Waals surface area (Å²) in [6.45, 7) is 6.69. The third kappa shape index (κ3) is 3.01. The zero-order valence-electron chi connectivity index (χ0n) is 13.8. The van der Waals surface area contributed by atoms with Crippen molar-refractivity contribution in [2.24, 2.45) is 0 Å². The molecule has 0 unspecified atom stereocenters. The molecule has 24 heavy (non-hydrogen) atoms. The van der Waals surface area contributed by atoms with E-state index in [0.717, 1.165) is 44.1 Å². The Bertz CT molecular complexity index is 748. The van der Waals surface area contributed by atoms with Crippen molar-refractivity contribution in [3.63, 3.8) is 0 Å². The number of rotatable bonds is 3. The van der Waals surface area contributed by atoms with Crippen molar-refractivity contribution in [1.82, 2.24) is 15.0 Å². The molecule has 1 fully saturated rings. The summed E-state index contributed by atoms with van der Waals surface area (Å²) in [7, 11) is 0. The van der Waals surface area contributed by atoms with Gasteiger partial charge < -0.3 is 14.2 Å². The van der Waals surface area contributed by atoms with Crippen LogP contribution in [0.15, 0.2) is 28.8 Å². The molecule has 1 aromatic carbocycles.